The third kappa shape index (κ3) is 3.36. The topological polar surface area (TPSA) is 81.1 Å². The summed E-state index contributed by atoms with van der Waals surface area (Å²) in [7, 11) is 0. The Morgan fingerprint density at radius 2 is 1.83 bits per heavy atom. The van der Waals surface area contributed by atoms with Crippen LogP contribution in [0.3, 0.4) is 0 Å². The van der Waals surface area contributed by atoms with Crippen molar-refractivity contribution >= 4 is 11.7 Å². The second-order valence-electron chi connectivity index (χ2n) is 7.07. The lowest BCUT2D eigenvalue weighted by molar-refractivity contribution is 0.0988. The highest BCUT2D eigenvalue weighted by molar-refractivity contribution is 6.11. The van der Waals surface area contributed by atoms with Crippen LogP contribution in [0.4, 0.5) is 14.6 Å². The van der Waals surface area contributed by atoms with Crippen LogP contribution in [0, 0.1) is 11.6 Å². The van der Waals surface area contributed by atoms with Gasteiger partial charge in [0.15, 0.2) is 34.9 Å². The summed E-state index contributed by atoms with van der Waals surface area (Å²) in [6, 6.07) is 3.70. The van der Waals surface area contributed by atoms with Crippen molar-refractivity contribution in [2.24, 2.45) is 0 Å². The summed E-state index contributed by atoms with van der Waals surface area (Å²) in [5.41, 5.74) is 0.723. The number of hydrogen-bond donors (Lipinski definition) is 0. The zero-order valence-corrected chi connectivity index (χ0v) is 16.6. The number of ether oxygens (including phenoxy) is 1. The minimum absolute atomic E-state index is 0.0182. The molecular weight excluding hydrogens is 392 g/mol. The van der Waals surface area contributed by atoms with Crippen molar-refractivity contribution in [1.82, 2.24) is 19.9 Å². The van der Waals surface area contributed by atoms with Crippen LogP contribution in [0.5, 0.6) is 5.75 Å². The molecule has 1 atom stereocenters. The fourth-order valence-corrected chi connectivity index (χ4v) is 3.48. The Labute approximate surface area is 171 Å². The van der Waals surface area contributed by atoms with E-state index in [9.17, 15) is 13.6 Å². The predicted molar refractivity (Wildman–Crippen MR) is 105 cm³/mol. The Kier molecular flexibility index (Phi) is 5.11. The smallest absolute Gasteiger partial charge is 0.260 e. The van der Waals surface area contributed by atoms with E-state index in [-0.39, 0.29) is 34.9 Å². The van der Waals surface area contributed by atoms with Crippen LogP contribution in [0.25, 0.3) is 11.6 Å². The maximum Gasteiger partial charge on any atom is 0.260 e. The Morgan fingerprint density at radius 3 is 2.50 bits per heavy atom. The van der Waals surface area contributed by atoms with E-state index in [0.717, 1.165) is 6.20 Å². The molecule has 2 aromatic heterocycles. The first-order chi connectivity index (χ1) is 14.4. The van der Waals surface area contributed by atoms with Crippen molar-refractivity contribution in [2.45, 2.75) is 39.3 Å². The molecule has 7 nitrogen and oxygen atoms in total. The number of hydrogen-bond acceptors (Lipinski definition) is 6. The summed E-state index contributed by atoms with van der Waals surface area (Å²) < 4.78 is 34.7. The summed E-state index contributed by atoms with van der Waals surface area (Å²) in [5.74, 6) is -1.76. The Balaban J connectivity index is 1.80. The van der Waals surface area contributed by atoms with Gasteiger partial charge in [-0.05, 0) is 44.0 Å². The fraction of sp³-hybridized carbons (Fsp3) is 0.286. The number of nitrogens with zero attached hydrogens (tertiary/aromatic N) is 5. The Bertz CT molecular complexity index is 1110. The summed E-state index contributed by atoms with van der Waals surface area (Å²) >= 11 is 0. The third-order valence-electron chi connectivity index (χ3n) is 4.69. The molecule has 1 aliphatic rings. The van der Waals surface area contributed by atoms with Crippen molar-refractivity contribution in [3.8, 4) is 17.4 Å². The average Bonchev–Trinajstić information content (AvgIpc) is 2.99. The molecule has 1 amide bonds. The van der Waals surface area contributed by atoms with Gasteiger partial charge >= 0.3 is 0 Å². The molecule has 0 aliphatic carbocycles. The minimum atomic E-state index is -0.770. The minimum Gasteiger partial charge on any atom is -0.488 e. The van der Waals surface area contributed by atoms with Gasteiger partial charge in [0.2, 0.25) is 0 Å². The number of carbonyl (C=O) groups excluding carboxylic acids is 1. The summed E-state index contributed by atoms with van der Waals surface area (Å²) in [6.07, 6.45) is 4.17. The molecule has 1 unspecified atom stereocenters. The van der Waals surface area contributed by atoms with E-state index in [0.29, 0.717) is 12.0 Å². The lowest BCUT2D eigenvalue weighted by atomic mass is 10.0. The van der Waals surface area contributed by atoms with Crippen LogP contribution in [0.15, 0.2) is 36.8 Å². The molecule has 0 saturated heterocycles. The molecule has 0 saturated carbocycles. The predicted octanol–water partition coefficient (Wildman–Crippen LogP) is 4.11. The van der Waals surface area contributed by atoms with Crippen molar-refractivity contribution in [3.63, 3.8) is 0 Å². The lowest BCUT2D eigenvalue weighted by Gasteiger charge is -2.23. The number of rotatable bonds is 5. The third-order valence-corrected chi connectivity index (χ3v) is 4.69. The van der Waals surface area contributed by atoms with E-state index in [1.54, 1.807) is 19.9 Å². The molecule has 0 spiro atoms. The zero-order chi connectivity index (χ0) is 21.4. The van der Waals surface area contributed by atoms with Gasteiger partial charge in [0, 0.05) is 18.0 Å². The summed E-state index contributed by atoms with van der Waals surface area (Å²) in [6.45, 7) is 5.36. The quantitative estimate of drug-likeness (QED) is 0.629. The maximum atomic E-state index is 14.7. The standard InChI is InChI=1S/C21H19F2N5O2/c1-4-16-12-8-14(22)17(30-11(2)3)9-13(12)21(29)28(16)20-15(23)10-26-19(27-20)18-24-6-5-7-25-18/h5-11,16H,4H2,1-3H3. The van der Waals surface area contributed by atoms with Crippen molar-refractivity contribution in [2.75, 3.05) is 4.90 Å². The van der Waals surface area contributed by atoms with E-state index >= 15 is 0 Å². The van der Waals surface area contributed by atoms with E-state index in [1.807, 2.05) is 6.92 Å². The monoisotopic (exact) mass is 411 g/mol. The second kappa shape index (κ2) is 7.74. The van der Waals surface area contributed by atoms with Gasteiger partial charge in [-0.2, -0.15) is 0 Å². The highest BCUT2D eigenvalue weighted by Gasteiger charge is 2.40. The van der Waals surface area contributed by atoms with Gasteiger partial charge in [0.1, 0.15) is 0 Å². The fourth-order valence-electron chi connectivity index (χ4n) is 3.48. The number of fused-ring (bicyclic) bond motifs is 1. The van der Waals surface area contributed by atoms with E-state index in [4.69, 9.17) is 4.74 Å². The molecule has 0 bridgehead atoms. The van der Waals surface area contributed by atoms with Crippen LogP contribution in [0.2, 0.25) is 0 Å². The highest BCUT2D eigenvalue weighted by Crippen LogP contribution is 2.42. The molecule has 154 valence electrons. The SMILES string of the molecule is CCC1c2cc(F)c(OC(C)C)cc2C(=O)N1c1nc(-c2ncccn2)ncc1F. The normalized spacial score (nSPS) is 15.6. The Morgan fingerprint density at radius 1 is 1.10 bits per heavy atom. The maximum absolute atomic E-state index is 14.7. The lowest BCUT2D eigenvalue weighted by Crippen LogP contribution is -2.29. The average molecular weight is 411 g/mol. The van der Waals surface area contributed by atoms with Gasteiger partial charge in [-0.1, -0.05) is 6.92 Å². The molecule has 3 aromatic rings. The van der Waals surface area contributed by atoms with Crippen molar-refractivity contribution < 1.29 is 18.3 Å². The van der Waals surface area contributed by atoms with E-state index < -0.39 is 23.6 Å². The molecule has 3 heterocycles. The van der Waals surface area contributed by atoms with Crippen LogP contribution < -0.4 is 9.64 Å². The second-order valence-corrected chi connectivity index (χ2v) is 7.07. The first kappa shape index (κ1) is 19.8. The van der Waals surface area contributed by atoms with Crippen molar-refractivity contribution in [3.05, 3.63) is 59.6 Å². The van der Waals surface area contributed by atoms with Gasteiger partial charge < -0.3 is 4.74 Å². The van der Waals surface area contributed by atoms with Crippen LogP contribution in [0.1, 0.15) is 49.2 Å². The highest BCUT2D eigenvalue weighted by atomic mass is 19.1. The molecule has 0 radical (unpaired) electrons. The van der Waals surface area contributed by atoms with Gasteiger partial charge in [-0.15, -0.1) is 0 Å². The molecular formula is C21H19F2N5O2. The number of aromatic nitrogens is 4. The van der Waals surface area contributed by atoms with Gasteiger partial charge in [0.25, 0.3) is 5.91 Å². The number of halogens is 2. The van der Waals surface area contributed by atoms with Gasteiger partial charge in [0.05, 0.1) is 18.3 Å². The summed E-state index contributed by atoms with van der Waals surface area (Å²) in [4.78, 5) is 30.7. The number of carbonyl (C=O) groups is 1. The largest absolute Gasteiger partial charge is 0.488 e. The first-order valence-corrected chi connectivity index (χ1v) is 9.54. The zero-order valence-electron chi connectivity index (χ0n) is 16.6. The van der Waals surface area contributed by atoms with Gasteiger partial charge in [-0.3, -0.25) is 9.69 Å². The number of anilines is 1. The van der Waals surface area contributed by atoms with Crippen LogP contribution in [-0.2, 0) is 0 Å². The molecule has 4 rings (SSSR count). The molecule has 0 fully saturated rings. The molecule has 30 heavy (non-hydrogen) atoms. The number of amides is 1. The Hall–Kier alpha value is -3.49. The molecule has 1 aromatic carbocycles. The van der Waals surface area contributed by atoms with Crippen molar-refractivity contribution in [1.29, 1.82) is 0 Å². The van der Waals surface area contributed by atoms with Gasteiger partial charge in [-0.25, -0.2) is 28.7 Å². The van der Waals surface area contributed by atoms with E-state index in [2.05, 4.69) is 19.9 Å². The van der Waals surface area contributed by atoms with E-state index in [1.165, 1.54) is 29.4 Å². The van der Waals surface area contributed by atoms with Crippen LogP contribution >= 0.6 is 0 Å². The van der Waals surface area contributed by atoms with Crippen LogP contribution in [-0.4, -0.2) is 31.9 Å². The first-order valence-electron chi connectivity index (χ1n) is 9.54. The summed E-state index contributed by atoms with van der Waals surface area (Å²) in [5, 5.41) is 0. The number of benzene rings is 1. The molecule has 1 aliphatic heterocycles. The molecule has 0 N–H and O–H groups in total. The molecule has 9 heteroatoms.